The van der Waals surface area contributed by atoms with Crippen molar-refractivity contribution in [3.8, 4) is 0 Å². The Morgan fingerprint density at radius 1 is 1.30 bits per heavy atom. The minimum Gasteiger partial charge on any atom is -0.461 e. The van der Waals surface area contributed by atoms with Crippen molar-refractivity contribution in [1.29, 1.82) is 0 Å². The molecular formula is C17H25NO4S. The van der Waals surface area contributed by atoms with E-state index in [0.29, 0.717) is 17.9 Å². The highest BCUT2D eigenvalue weighted by Crippen LogP contribution is 2.29. The van der Waals surface area contributed by atoms with E-state index in [-0.39, 0.29) is 12.0 Å². The van der Waals surface area contributed by atoms with Crippen molar-refractivity contribution in [3.63, 3.8) is 0 Å². The lowest BCUT2D eigenvalue weighted by atomic mass is 9.98. The number of nitrogens with zero attached hydrogens (tertiary/aromatic N) is 1. The van der Waals surface area contributed by atoms with Gasteiger partial charge in [0, 0.05) is 13.5 Å². The molecule has 0 radical (unpaired) electrons. The average molecular weight is 339 g/mol. The van der Waals surface area contributed by atoms with Crippen molar-refractivity contribution in [2.45, 2.75) is 63.5 Å². The Morgan fingerprint density at radius 3 is 2.52 bits per heavy atom. The first kappa shape index (κ1) is 17.9. The molecule has 1 heterocycles. The first-order valence-corrected chi connectivity index (χ1v) is 9.56. The lowest BCUT2D eigenvalue weighted by Gasteiger charge is -2.38. The molecule has 23 heavy (non-hydrogen) atoms. The van der Waals surface area contributed by atoms with Crippen LogP contribution in [-0.2, 0) is 19.6 Å². The smallest absolute Gasteiger partial charge is 0.302 e. The minimum atomic E-state index is -3.58. The van der Waals surface area contributed by atoms with Gasteiger partial charge in [-0.25, -0.2) is 8.42 Å². The van der Waals surface area contributed by atoms with Crippen LogP contribution < -0.4 is 0 Å². The van der Waals surface area contributed by atoms with Crippen LogP contribution in [0.15, 0.2) is 29.2 Å². The molecule has 1 saturated heterocycles. The summed E-state index contributed by atoms with van der Waals surface area (Å²) in [5.41, 5.74) is 1.02. The number of carbonyl (C=O) groups is 1. The second-order valence-electron chi connectivity index (χ2n) is 6.05. The molecule has 1 fully saturated rings. The first-order chi connectivity index (χ1) is 10.9. The maximum atomic E-state index is 13.0. The topological polar surface area (TPSA) is 63.7 Å². The van der Waals surface area contributed by atoms with Gasteiger partial charge >= 0.3 is 5.97 Å². The summed E-state index contributed by atoms with van der Waals surface area (Å²) in [4.78, 5) is 11.6. The average Bonchev–Trinajstić information content (AvgIpc) is 2.53. The van der Waals surface area contributed by atoms with E-state index in [9.17, 15) is 13.2 Å². The number of sulfonamides is 1. The molecular weight excluding hydrogens is 314 g/mol. The van der Waals surface area contributed by atoms with Crippen molar-refractivity contribution in [3.05, 3.63) is 29.8 Å². The quantitative estimate of drug-likeness (QED) is 0.774. The number of benzene rings is 1. The van der Waals surface area contributed by atoms with Crippen LogP contribution >= 0.6 is 0 Å². The summed E-state index contributed by atoms with van der Waals surface area (Å²) in [7, 11) is -3.58. The van der Waals surface area contributed by atoms with E-state index in [1.165, 1.54) is 11.2 Å². The van der Waals surface area contributed by atoms with Gasteiger partial charge in [-0.1, -0.05) is 31.0 Å². The van der Waals surface area contributed by atoms with E-state index >= 15 is 0 Å². The maximum absolute atomic E-state index is 13.0. The van der Waals surface area contributed by atoms with Gasteiger partial charge in [-0.3, -0.25) is 4.79 Å². The molecule has 2 atom stereocenters. The fourth-order valence-electron chi connectivity index (χ4n) is 3.09. The molecule has 0 aromatic heterocycles. The van der Waals surface area contributed by atoms with Crippen LogP contribution in [0, 0.1) is 6.92 Å². The number of hydrogen-bond donors (Lipinski definition) is 0. The number of esters is 1. The number of ether oxygens (including phenoxy) is 1. The van der Waals surface area contributed by atoms with E-state index in [4.69, 9.17) is 4.74 Å². The van der Waals surface area contributed by atoms with Gasteiger partial charge in [-0.2, -0.15) is 4.31 Å². The predicted octanol–water partition coefficient (Wildman–Crippen LogP) is 2.88. The molecule has 0 unspecified atom stereocenters. The van der Waals surface area contributed by atoms with Crippen molar-refractivity contribution < 1.29 is 17.9 Å². The van der Waals surface area contributed by atoms with Crippen molar-refractivity contribution in [2.24, 2.45) is 0 Å². The normalized spacial score (nSPS) is 20.9. The Balaban J connectivity index is 2.32. The van der Waals surface area contributed by atoms with Crippen LogP contribution in [-0.4, -0.2) is 37.4 Å². The van der Waals surface area contributed by atoms with Gasteiger partial charge in [0.05, 0.1) is 10.9 Å². The standard InChI is InChI=1S/C17H25NO4S/c1-4-17(22-14(3)19)16-7-5-6-12-18(16)23(20,21)15-10-8-13(2)9-11-15/h8-11,16-17H,4-7,12H2,1-3H3/t16-,17+/m0/s1. The van der Waals surface area contributed by atoms with E-state index in [1.54, 1.807) is 24.3 Å². The molecule has 0 saturated carbocycles. The van der Waals surface area contributed by atoms with E-state index in [0.717, 1.165) is 24.8 Å². The SMILES string of the molecule is CC[C@@H](OC(C)=O)[C@@H]1CCCCN1S(=O)(=O)c1ccc(C)cc1. The molecule has 0 amide bonds. The highest BCUT2D eigenvalue weighted by molar-refractivity contribution is 7.89. The summed E-state index contributed by atoms with van der Waals surface area (Å²) in [6, 6.07) is 6.60. The van der Waals surface area contributed by atoms with Crippen LogP contribution in [0.25, 0.3) is 0 Å². The zero-order valence-corrected chi connectivity index (χ0v) is 14.8. The number of aryl methyl sites for hydroxylation is 1. The maximum Gasteiger partial charge on any atom is 0.302 e. The third-order valence-corrected chi connectivity index (χ3v) is 6.21. The van der Waals surface area contributed by atoms with Crippen LogP contribution in [0.5, 0.6) is 0 Å². The number of rotatable bonds is 5. The summed E-state index contributed by atoms with van der Waals surface area (Å²) in [6.07, 6.45) is 2.70. The highest BCUT2D eigenvalue weighted by Gasteiger charge is 2.38. The predicted molar refractivity (Wildman–Crippen MR) is 88.6 cm³/mol. The zero-order chi connectivity index (χ0) is 17.0. The molecule has 0 N–H and O–H groups in total. The van der Waals surface area contributed by atoms with E-state index < -0.39 is 16.1 Å². The summed E-state index contributed by atoms with van der Waals surface area (Å²) in [6.45, 7) is 5.68. The van der Waals surface area contributed by atoms with Crippen LogP contribution in [0.1, 0.15) is 45.1 Å². The van der Waals surface area contributed by atoms with Gasteiger partial charge in [0.2, 0.25) is 10.0 Å². The molecule has 0 aliphatic carbocycles. The van der Waals surface area contributed by atoms with Crippen molar-refractivity contribution in [1.82, 2.24) is 4.31 Å². The van der Waals surface area contributed by atoms with Crippen LogP contribution in [0.4, 0.5) is 0 Å². The largest absolute Gasteiger partial charge is 0.461 e. The van der Waals surface area contributed by atoms with Gasteiger partial charge in [-0.15, -0.1) is 0 Å². The Morgan fingerprint density at radius 2 is 1.96 bits per heavy atom. The highest BCUT2D eigenvalue weighted by atomic mass is 32.2. The summed E-state index contributed by atoms with van der Waals surface area (Å²) in [5.74, 6) is -0.366. The van der Waals surface area contributed by atoms with Gasteiger partial charge < -0.3 is 4.74 Å². The molecule has 128 valence electrons. The van der Waals surface area contributed by atoms with Crippen LogP contribution in [0.2, 0.25) is 0 Å². The molecule has 1 aromatic carbocycles. The van der Waals surface area contributed by atoms with Gasteiger partial charge in [0.25, 0.3) is 0 Å². The minimum absolute atomic E-state index is 0.288. The molecule has 5 nitrogen and oxygen atoms in total. The Kier molecular flexibility index (Phi) is 5.81. The molecule has 1 aliphatic heterocycles. The fraction of sp³-hybridized carbons (Fsp3) is 0.588. The van der Waals surface area contributed by atoms with Crippen molar-refractivity contribution >= 4 is 16.0 Å². The first-order valence-electron chi connectivity index (χ1n) is 8.12. The molecule has 2 rings (SSSR count). The second-order valence-corrected chi connectivity index (χ2v) is 7.94. The Bertz CT molecular complexity index is 639. The molecule has 1 aliphatic rings. The van der Waals surface area contributed by atoms with Gasteiger partial charge in [-0.05, 0) is 38.3 Å². The number of carbonyl (C=O) groups excluding carboxylic acids is 1. The molecule has 0 spiro atoms. The lowest BCUT2D eigenvalue weighted by Crippen LogP contribution is -2.50. The van der Waals surface area contributed by atoms with Gasteiger partial charge in [0.15, 0.2) is 0 Å². The third kappa shape index (κ3) is 4.12. The van der Waals surface area contributed by atoms with Crippen molar-refractivity contribution in [2.75, 3.05) is 6.54 Å². The monoisotopic (exact) mass is 339 g/mol. The molecule has 0 bridgehead atoms. The number of piperidine rings is 1. The summed E-state index contributed by atoms with van der Waals surface area (Å²) in [5, 5.41) is 0. The molecule has 1 aromatic rings. The Hall–Kier alpha value is -1.40. The van der Waals surface area contributed by atoms with E-state index in [2.05, 4.69) is 0 Å². The van der Waals surface area contributed by atoms with E-state index in [1.807, 2.05) is 13.8 Å². The summed E-state index contributed by atoms with van der Waals surface area (Å²) >= 11 is 0. The lowest BCUT2D eigenvalue weighted by molar-refractivity contribution is -0.149. The fourth-order valence-corrected chi connectivity index (χ4v) is 4.81. The zero-order valence-electron chi connectivity index (χ0n) is 14.0. The van der Waals surface area contributed by atoms with Crippen LogP contribution in [0.3, 0.4) is 0 Å². The second kappa shape index (κ2) is 7.45. The molecule has 6 heteroatoms. The third-order valence-electron chi connectivity index (χ3n) is 4.27. The van der Waals surface area contributed by atoms with Gasteiger partial charge in [0.1, 0.15) is 6.10 Å². The number of hydrogen-bond acceptors (Lipinski definition) is 4. The summed E-state index contributed by atoms with van der Waals surface area (Å²) < 4.78 is 32.9. The Labute approximate surface area is 138 Å².